The van der Waals surface area contributed by atoms with E-state index in [0.29, 0.717) is 11.8 Å². The zero-order chi connectivity index (χ0) is 38.5. The molecule has 276 valence electrons. The molecule has 0 radical (unpaired) electrons. The molecule has 9 aliphatic rings. The molecule has 3 saturated heterocycles. The number of hydrogen-bond acceptors (Lipinski definition) is 2. The molecular weight excluding hydrogens is 797 g/mol. The van der Waals surface area contributed by atoms with Gasteiger partial charge in [-0.1, -0.05) is 0 Å². The van der Waals surface area contributed by atoms with E-state index in [9.17, 15) is 0 Å². The van der Waals surface area contributed by atoms with Crippen molar-refractivity contribution in [3.8, 4) is 0 Å². The van der Waals surface area contributed by atoms with Gasteiger partial charge in [0.2, 0.25) is 0 Å². The largest absolute Gasteiger partial charge is 0.288 e. The molecule has 3 aliphatic heterocycles. The zero-order valence-electron chi connectivity index (χ0n) is 33.9. The molecule has 2 heteroatoms. The summed E-state index contributed by atoms with van der Waals surface area (Å²) in [6.45, 7) is 4.80. The van der Waals surface area contributed by atoms with E-state index in [-0.39, 0.29) is 11.1 Å². The maximum absolute atomic E-state index is 3.25. The SMILES string of the molecule is C1CN2CCN1C13c4c5c6c7c8c9c%10c%11c(c%12c%13c%14c(c%15c4c4c%16c5c5c7c7c8c8c%10c%10c%17c%11c%13c%11c%13c%14c%14c%15c4c4c%15c%16c5c5c7c7c8c%10c8c(c%11%17)c%10c%13c%14c4c4c%15c5c7c8c%104)C%121)C9C623. The molecule has 4 atom stereocenters. The lowest BCUT2D eigenvalue weighted by Gasteiger charge is -2.72. The topological polar surface area (TPSA) is 6.48 Å². The molecule has 2 bridgehead atoms. The third kappa shape index (κ3) is 1.17. The molecule has 6 aliphatic carbocycles. The molecule has 0 N–H and O–H groups in total. The Balaban J connectivity index is 1.23. The highest BCUT2D eigenvalue weighted by molar-refractivity contribution is 6.80. The predicted molar refractivity (Wildman–Crippen MR) is 274 cm³/mol. The summed E-state index contributed by atoms with van der Waals surface area (Å²) in [6.07, 6.45) is 0. The molecule has 0 aromatic heterocycles. The molecule has 0 amide bonds. The van der Waals surface area contributed by atoms with Crippen molar-refractivity contribution in [3.05, 3.63) is 33.4 Å². The second kappa shape index (κ2) is 5.20. The summed E-state index contributed by atoms with van der Waals surface area (Å²) < 4.78 is 0. The predicted octanol–water partition coefficient (Wildman–Crippen LogP) is 15.4. The Bertz CT molecular complexity index is 6680. The summed E-state index contributed by atoms with van der Waals surface area (Å²) in [6, 6.07) is 0. The molecule has 2 nitrogen and oxygen atoms in total. The lowest BCUT2D eigenvalue weighted by molar-refractivity contribution is -0.186. The van der Waals surface area contributed by atoms with Crippen LogP contribution in [-0.2, 0) is 11.1 Å². The molecule has 26 aromatic rings. The van der Waals surface area contributed by atoms with Crippen molar-refractivity contribution >= 4 is 269 Å². The van der Waals surface area contributed by atoms with E-state index >= 15 is 0 Å². The van der Waals surface area contributed by atoms with Crippen LogP contribution in [0.4, 0.5) is 0 Å². The number of benzene rings is 17. The van der Waals surface area contributed by atoms with Crippen LogP contribution in [-0.4, -0.2) is 36.0 Å². The second-order valence-electron chi connectivity index (χ2n) is 25.5. The van der Waals surface area contributed by atoms with Gasteiger partial charge in [-0.15, -0.1) is 0 Å². The van der Waals surface area contributed by atoms with Crippen molar-refractivity contribution in [1.82, 2.24) is 9.80 Å². The average molecular weight is 807 g/mol. The van der Waals surface area contributed by atoms with Crippen molar-refractivity contribution < 1.29 is 0 Å². The Morgan fingerprint density at radius 3 is 0.591 bits per heavy atom. The number of rotatable bonds is 0. The smallest absolute Gasteiger partial charge is 0.0823 e. The Hall–Kier alpha value is -7.36. The minimum atomic E-state index is -0.121. The summed E-state index contributed by atoms with van der Waals surface area (Å²) in [4.78, 5) is 6.51. The van der Waals surface area contributed by atoms with Crippen LogP contribution in [0.1, 0.15) is 45.2 Å². The van der Waals surface area contributed by atoms with Gasteiger partial charge in [0.15, 0.2) is 0 Å². The van der Waals surface area contributed by atoms with E-state index in [0.717, 1.165) is 0 Å². The van der Waals surface area contributed by atoms with E-state index in [4.69, 9.17) is 0 Å². The van der Waals surface area contributed by atoms with Crippen molar-refractivity contribution in [2.24, 2.45) is 0 Å². The molecular formula is C64H10N2. The van der Waals surface area contributed by atoms with E-state index in [1.165, 1.54) is 26.2 Å². The van der Waals surface area contributed by atoms with Gasteiger partial charge >= 0.3 is 0 Å². The van der Waals surface area contributed by atoms with Crippen LogP contribution in [0.15, 0.2) is 0 Å². The lowest BCUT2D eigenvalue weighted by atomic mass is 9.47. The second-order valence-corrected chi connectivity index (χ2v) is 25.5. The highest BCUT2D eigenvalue weighted by atomic mass is 15.4. The van der Waals surface area contributed by atoms with Crippen molar-refractivity contribution in [3.63, 3.8) is 0 Å². The first kappa shape index (κ1) is 23.7. The summed E-state index contributed by atoms with van der Waals surface area (Å²) in [7, 11) is 0. The van der Waals surface area contributed by atoms with Crippen LogP contribution in [0.2, 0.25) is 0 Å². The van der Waals surface area contributed by atoms with Gasteiger partial charge in [0.1, 0.15) is 0 Å². The molecule has 0 saturated carbocycles. The molecule has 4 unspecified atom stereocenters. The molecule has 26 aromatic carbocycles. The van der Waals surface area contributed by atoms with Gasteiger partial charge in [-0.25, -0.2) is 0 Å². The van der Waals surface area contributed by atoms with Gasteiger partial charge in [0, 0.05) is 38.0 Å². The monoisotopic (exact) mass is 806 g/mol. The Morgan fingerprint density at radius 1 is 0.182 bits per heavy atom. The maximum Gasteiger partial charge on any atom is 0.0823 e. The average Bonchev–Trinajstić information content (AvgIpc) is 4.20. The number of nitrogens with zero attached hydrogens (tertiary/aromatic N) is 2. The standard InChI is InChI=1S/C64H10N2/c1-2-66-4-3-65(1)63-59-52-45-33-25-16-7-5-6-8-11(7)20-27(25)35-36-28(20)26-17(8)19-15-10(6)13-12-9(5)14-18(16)31(33)39-37-23(14)21(12)29-30-22(13)24(15)38-40-32(19)34(26)46-48(36)57(56(59)47(35)45)60-53(46)51(40)55-44(38)42(30)49-41(29)43(37)54(50(39)52)61(63)58(49)62(55)64(60,63)66/h59-60H,1-4H2. The summed E-state index contributed by atoms with van der Waals surface area (Å²) in [5, 5.41) is 85.7. The molecule has 3 fully saturated rings. The van der Waals surface area contributed by atoms with Crippen molar-refractivity contribution in [2.45, 2.75) is 22.9 Å². The first-order chi connectivity index (χ1) is 32.9. The fourth-order valence-corrected chi connectivity index (χ4v) is 26.4. The highest BCUT2D eigenvalue weighted by Gasteiger charge is 2.81. The normalized spacial score (nSPS) is 29.1. The first-order valence-electron chi connectivity index (χ1n) is 25.4. The summed E-state index contributed by atoms with van der Waals surface area (Å²) >= 11 is 0. The van der Waals surface area contributed by atoms with Gasteiger partial charge in [-0.2, -0.15) is 0 Å². The molecule has 2 spiro atoms. The van der Waals surface area contributed by atoms with Crippen LogP contribution in [0.25, 0.3) is 269 Å². The fourth-order valence-electron chi connectivity index (χ4n) is 26.4. The minimum absolute atomic E-state index is 0.121. The molecule has 35 rings (SSSR count). The number of piperazine rings is 3. The van der Waals surface area contributed by atoms with Crippen LogP contribution in [0.5, 0.6) is 0 Å². The van der Waals surface area contributed by atoms with Gasteiger partial charge in [-0.05, 0) is 303 Å². The van der Waals surface area contributed by atoms with Crippen molar-refractivity contribution in [2.75, 3.05) is 26.2 Å². The quantitative estimate of drug-likeness (QED) is 0.141. The van der Waals surface area contributed by atoms with Gasteiger partial charge < -0.3 is 0 Å². The zero-order valence-corrected chi connectivity index (χ0v) is 33.9. The highest BCUT2D eigenvalue weighted by Crippen LogP contribution is 2.88. The van der Waals surface area contributed by atoms with Crippen molar-refractivity contribution in [1.29, 1.82) is 0 Å². The Kier molecular flexibility index (Phi) is 1.87. The minimum Gasteiger partial charge on any atom is -0.288 e. The van der Waals surface area contributed by atoms with Gasteiger partial charge in [0.25, 0.3) is 0 Å². The number of fused-ring (bicyclic) bond motifs is 2. The molecule has 66 heavy (non-hydrogen) atoms. The summed E-state index contributed by atoms with van der Waals surface area (Å²) in [5.41, 5.74) is 10.8. The van der Waals surface area contributed by atoms with E-state index < -0.39 is 0 Å². The van der Waals surface area contributed by atoms with Gasteiger partial charge in [0.05, 0.1) is 11.1 Å². The third-order valence-electron chi connectivity index (χ3n) is 26.0. The van der Waals surface area contributed by atoms with Crippen LogP contribution in [0.3, 0.4) is 0 Å². The first-order valence-corrected chi connectivity index (χ1v) is 25.4. The third-order valence-corrected chi connectivity index (χ3v) is 26.0. The summed E-state index contributed by atoms with van der Waals surface area (Å²) in [5.74, 6) is 0.729. The van der Waals surface area contributed by atoms with E-state index in [1.807, 2.05) is 33.4 Å². The van der Waals surface area contributed by atoms with E-state index in [1.54, 1.807) is 269 Å². The lowest BCUT2D eigenvalue weighted by Crippen LogP contribution is -2.80. The van der Waals surface area contributed by atoms with Crippen LogP contribution < -0.4 is 0 Å². The fraction of sp³-hybridized carbons (Fsp3) is 0.125. The Morgan fingerprint density at radius 2 is 0.348 bits per heavy atom. The number of hydrogen-bond donors (Lipinski definition) is 0. The van der Waals surface area contributed by atoms with E-state index in [2.05, 4.69) is 9.80 Å². The van der Waals surface area contributed by atoms with Crippen LogP contribution >= 0.6 is 0 Å². The molecule has 3 heterocycles. The Labute approximate surface area is 359 Å². The maximum atomic E-state index is 3.25. The van der Waals surface area contributed by atoms with Gasteiger partial charge in [-0.3, -0.25) is 9.80 Å². The van der Waals surface area contributed by atoms with Crippen LogP contribution in [0, 0.1) is 0 Å².